The summed E-state index contributed by atoms with van der Waals surface area (Å²) in [5.41, 5.74) is 0.570. The number of rotatable bonds is 3. The highest BCUT2D eigenvalue weighted by atomic mass is 35.5. The molecule has 2 aromatic carbocycles. The maximum Gasteiger partial charge on any atom is 0.214 e. The van der Waals surface area contributed by atoms with Crippen molar-refractivity contribution in [2.75, 3.05) is 12.4 Å². The van der Waals surface area contributed by atoms with Gasteiger partial charge in [-0.15, -0.1) is 0 Å². The van der Waals surface area contributed by atoms with Crippen LogP contribution in [0.4, 0.5) is 5.69 Å². The molecule has 25 heavy (non-hydrogen) atoms. The predicted molar refractivity (Wildman–Crippen MR) is 97.3 cm³/mol. The van der Waals surface area contributed by atoms with Crippen LogP contribution in [0.3, 0.4) is 0 Å². The lowest BCUT2D eigenvalue weighted by atomic mass is 10.1. The Labute approximate surface area is 155 Å². The summed E-state index contributed by atoms with van der Waals surface area (Å²) in [6, 6.07) is 9.03. The summed E-state index contributed by atoms with van der Waals surface area (Å²) in [6.07, 6.45) is 0. The second-order valence-electron chi connectivity index (χ2n) is 5.38. The van der Waals surface area contributed by atoms with Gasteiger partial charge in [-0.3, -0.25) is 4.79 Å². The highest BCUT2D eigenvalue weighted by Crippen LogP contribution is 2.42. The van der Waals surface area contributed by atoms with Crippen LogP contribution in [0.5, 0.6) is 5.75 Å². The van der Waals surface area contributed by atoms with Crippen LogP contribution in [-0.4, -0.2) is 21.3 Å². The second kappa shape index (κ2) is 6.37. The second-order valence-corrected chi connectivity index (χ2v) is 8.02. The summed E-state index contributed by atoms with van der Waals surface area (Å²) < 4.78 is 31.1. The summed E-state index contributed by atoms with van der Waals surface area (Å²) in [4.78, 5) is 12.5. The van der Waals surface area contributed by atoms with E-state index in [0.717, 1.165) is 0 Å². The number of allylic oxidation sites excluding steroid dienone is 2. The molecule has 8 heteroatoms. The third kappa shape index (κ3) is 2.90. The zero-order valence-electron chi connectivity index (χ0n) is 13.3. The van der Waals surface area contributed by atoms with E-state index in [-0.39, 0.29) is 36.8 Å². The number of hydrogen-bond acceptors (Lipinski definition) is 5. The molecule has 0 aromatic heterocycles. The van der Waals surface area contributed by atoms with Crippen molar-refractivity contribution >= 4 is 44.5 Å². The number of carbonyl (C=O) groups excluding carboxylic acids is 1. The molecule has 0 unspecified atom stereocenters. The van der Waals surface area contributed by atoms with E-state index in [1.807, 2.05) is 0 Å². The van der Waals surface area contributed by atoms with E-state index in [2.05, 4.69) is 5.32 Å². The highest BCUT2D eigenvalue weighted by Gasteiger charge is 2.37. The minimum atomic E-state index is -4.05. The van der Waals surface area contributed by atoms with Crippen LogP contribution < -0.4 is 10.1 Å². The Morgan fingerprint density at radius 1 is 1.16 bits per heavy atom. The molecule has 1 aliphatic rings. The summed E-state index contributed by atoms with van der Waals surface area (Å²) >= 11 is 12.1. The number of Topliss-reactive ketones (excluding diaryl/α,β-unsaturated/α-hetero) is 1. The Morgan fingerprint density at radius 3 is 2.56 bits per heavy atom. The summed E-state index contributed by atoms with van der Waals surface area (Å²) in [5.74, 6) is -0.166. The monoisotopic (exact) mass is 397 g/mol. The molecule has 1 N–H and O–H groups in total. The number of sulfone groups is 1. The van der Waals surface area contributed by atoms with Gasteiger partial charge in [-0.2, -0.15) is 0 Å². The highest BCUT2D eigenvalue weighted by molar-refractivity contribution is 7.96. The van der Waals surface area contributed by atoms with Crippen molar-refractivity contribution in [3.8, 4) is 5.75 Å². The van der Waals surface area contributed by atoms with E-state index in [4.69, 9.17) is 27.9 Å². The molecule has 0 saturated heterocycles. The zero-order chi connectivity index (χ0) is 18.4. The number of halogens is 2. The number of carbonyl (C=O) groups is 1. The van der Waals surface area contributed by atoms with Crippen molar-refractivity contribution in [2.45, 2.75) is 11.8 Å². The van der Waals surface area contributed by atoms with E-state index in [9.17, 15) is 13.2 Å². The molecule has 130 valence electrons. The van der Waals surface area contributed by atoms with Crippen molar-refractivity contribution in [1.29, 1.82) is 0 Å². The molecule has 5 nitrogen and oxygen atoms in total. The number of anilines is 1. The van der Waals surface area contributed by atoms with Gasteiger partial charge in [0.2, 0.25) is 15.6 Å². The molecular formula is C17H13Cl2NO4S. The molecular weight excluding hydrogens is 385 g/mol. The first kappa shape index (κ1) is 17.8. The van der Waals surface area contributed by atoms with Gasteiger partial charge < -0.3 is 10.1 Å². The van der Waals surface area contributed by atoms with Gasteiger partial charge in [-0.05, 0) is 31.2 Å². The minimum Gasteiger partial charge on any atom is -0.497 e. The third-order valence-corrected chi connectivity index (χ3v) is 6.56. The zero-order valence-corrected chi connectivity index (χ0v) is 15.6. The van der Waals surface area contributed by atoms with Gasteiger partial charge in [-0.25, -0.2) is 8.42 Å². The summed E-state index contributed by atoms with van der Waals surface area (Å²) in [7, 11) is -2.59. The fraction of sp³-hybridized carbons (Fsp3) is 0.118. The maximum absolute atomic E-state index is 13.0. The molecule has 0 bridgehead atoms. The van der Waals surface area contributed by atoms with Crippen LogP contribution in [-0.2, 0) is 9.84 Å². The predicted octanol–water partition coefficient (Wildman–Crippen LogP) is 4.32. The van der Waals surface area contributed by atoms with Gasteiger partial charge in [-0.1, -0.05) is 35.3 Å². The molecule has 0 amide bonds. The van der Waals surface area contributed by atoms with Crippen LogP contribution in [0, 0.1) is 0 Å². The minimum absolute atomic E-state index is 0.0845. The van der Waals surface area contributed by atoms with Gasteiger partial charge in [0.1, 0.15) is 10.7 Å². The first-order valence-corrected chi connectivity index (χ1v) is 9.41. The molecule has 0 fully saturated rings. The fourth-order valence-electron chi connectivity index (χ4n) is 2.62. The van der Waals surface area contributed by atoms with Crippen LogP contribution in [0.25, 0.3) is 0 Å². The summed E-state index contributed by atoms with van der Waals surface area (Å²) in [6.45, 7) is 1.51. The number of nitrogens with one attached hydrogen (secondary N) is 1. The van der Waals surface area contributed by atoms with Crippen LogP contribution in [0.15, 0.2) is 51.9 Å². The average Bonchev–Trinajstić information content (AvgIpc) is 2.58. The van der Waals surface area contributed by atoms with Gasteiger partial charge in [0.05, 0.1) is 27.7 Å². The first-order valence-electron chi connectivity index (χ1n) is 7.17. The van der Waals surface area contributed by atoms with Gasteiger partial charge in [0.25, 0.3) is 0 Å². The van der Waals surface area contributed by atoms with Crippen molar-refractivity contribution in [1.82, 2.24) is 0 Å². The van der Waals surface area contributed by atoms with Gasteiger partial charge in [0, 0.05) is 11.3 Å². The number of hydrogen-bond donors (Lipinski definition) is 1. The average molecular weight is 398 g/mol. The Morgan fingerprint density at radius 2 is 1.88 bits per heavy atom. The standard InChI is InChI=1S/C17H13Cl2NO4S/c1-9-17(16(21)10-4-3-5-11(8-10)24-2)25(22,23)13-7-6-12(18)14(19)15(13)20-9/h3-8,20H,1-2H3. The molecule has 1 heterocycles. The van der Waals surface area contributed by atoms with Crippen molar-refractivity contribution in [3.63, 3.8) is 0 Å². The Kier molecular flexibility index (Phi) is 4.53. The van der Waals surface area contributed by atoms with Crippen LogP contribution in [0.2, 0.25) is 10.0 Å². The Bertz CT molecular complexity index is 1030. The number of methoxy groups -OCH3 is 1. The molecule has 0 saturated carbocycles. The summed E-state index contributed by atoms with van der Waals surface area (Å²) in [5, 5.41) is 3.20. The number of ether oxygens (including phenoxy) is 1. The van der Waals surface area contributed by atoms with E-state index in [1.54, 1.807) is 12.1 Å². The van der Waals surface area contributed by atoms with Gasteiger partial charge in [0.15, 0.2) is 0 Å². The Hall–Kier alpha value is -2.02. The van der Waals surface area contributed by atoms with Gasteiger partial charge >= 0.3 is 0 Å². The van der Waals surface area contributed by atoms with Crippen molar-refractivity contribution < 1.29 is 17.9 Å². The van der Waals surface area contributed by atoms with Crippen LogP contribution >= 0.6 is 23.2 Å². The molecule has 0 radical (unpaired) electrons. The first-order chi connectivity index (χ1) is 11.8. The van der Waals surface area contributed by atoms with E-state index >= 15 is 0 Å². The molecule has 0 spiro atoms. The quantitative estimate of drug-likeness (QED) is 0.780. The normalized spacial score (nSPS) is 15.4. The lowest BCUT2D eigenvalue weighted by molar-refractivity contribution is 0.104. The largest absolute Gasteiger partial charge is 0.497 e. The molecule has 0 aliphatic carbocycles. The molecule has 0 atom stereocenters. The van der Waals surface area contributed by atoms with E-state index in [0.29, 0.717) is 5.75 Å². The van der Waals surface area contributed by atoms with Crippen molar-refractivity contribution in [3.05, 3.63) is 62.6 Å². The Balaban J connectivity index is 2.17. The fourth-order valence-corrected chi connectivity index (χ4v) is 4.75. The molecule has 3 rings (SSSR count). The maximum atomic E-state index is 13.0. The SMILES string of the molecule is COc1cccc(C(=O)C2=C(C)Nc3c(ccc(Cl)c3Cl)S2(=O)=O)c1. The third-order valence-electron chi connectivity index (χ3n) is 3.81. The van der Waals surface area contributed by atoms with E-state index < -0.39 is 15.6 Å². The lowest BCUT2D eigenvalue weighted by Crippen LogP contribution is -2.24. The van der Waals surface area contributed by atoms with Crippen molar-refractivity contribution in [2.24, 2.45) is 0 Å². The lowest BCUT2D eigenvalue weighted by Gasteiger charge is -2.23. The molecule has 2 aromatic rings. The van der Waals surface area contributed by atoms with Crippen LogP contribution in [0.1, 0.15) is 17.3 Å². The number of benzene rings is 2. The number of ketones is 1. The molecule has 1 aliphatic heterocycles. The van der Waals surface area contributed by atoms with E-state index in [1.165, 1.54) is 38.3 Å². The topological polar surface area (TPSA) is 72.5 Å². The number of fused-ring (bicyclic) bond motifs is 1. The smallest absolute Gasteiger partial charge is 0.214 e.